The maximum atomic E-state index is 13.0. The molecule has 1 saturated heterocycles. The summed E-state index contributed by atoms with van der Waals surface area (Å²) in [6.07, 6.45) is 0. The zero-order valence-corrected chi connectivity index (χ0v) is 16.7. The molecule has 0 aliphatic carbocycles. The van der Waals surface area contributed by atoms with E-state index in [9.17, 15) is 19.2 Å². The van der Waals surface area contributed by atoms with Gasteiger partial charge in [-0.15, -0.1) is 0 Å². The van der Waals surface area contributed by atoms with Crippen LogP contribution < -0.4 is 10.6 Å². The van der Waals surface area contributed by atoms with Crippen LogP contribution in [0.5, 0.6) is 0 Å². The van der Waals surface area contributed by atoms with Crippen LogP contribution in [-0.2, 0) is 24.7 Å². The summed E-state index contributed by atoms with van der Waals surface area (Å²) in [5, 5.41) is 7.10. The Morgan fingerprint density at radius 2 is 1.79 bits per heavy atom. The molecule has 0 radical (unpaired) electrons. The minimum Gasteiger partial charge on any atom is -0.467 e. The summed E-state index contributed by atoms with van der Waals surface area (Å²) in [7, 11) is 1.21. The van der Waals surface area contributed by atoms with Gasteiger partial charge in [0, 0.05) is 0 Å². The first kappa shape index (κ1) is 20.3. The van der Waals surface area contributed by atoms with Gasteiger partial charge in [-0.2, -0.15) is 0 Å². The Hall–Kier alpha value is -3.42. The minimum absolute atomic E-state index is 0.506. The van der Waals surface area contributed by atoms with Crippen molar-refractivity contribution in [2.75, 3.05) is 13.7 Å². The van der Waals surface area contributed by atoms with Crippen LogP contribution in [0.2, 0.25) is 0 Å². The number of carbonyl (C=O) groups excluding carboxylic acids is 4. The van der Waals surface area contributed by atoms with E-state index in [4.69, 9.17) is 0 Å². The van der Waals surface area contributed by atoms with Gasteiger partial charge in [-0.3, -0.25) is 14.5 Å². The Morgan fingerprint density at radius 3 is 2.45 bits per heavy atom. The fourth-order valence-corrected chi connectivity index (χ4v) is 3.37. The highest BCUT2D eigenvalue weighted by atomic mass is 16.5. The fraction of sp³-hybridized carbons (Fsp3) is 0.333. The van der Waals surface area contributed by atoms with E-state index < -0.39 is 41.4 Å². The largest absolute Gasteiger partial charge is 0.467 e. The lowest BCUT2D eigenvalue weighted by molar-refractivity contribution is -0.149. The van der Waals surface area contributed by atoms with E-state index in [-0.39, 0.29) is 0 Å². The van der Waals surface area contributed by atoms with Gasteiger partial charge in [0.1, 0.15) is 17.6 Å². The van der Waals surface area contributed by atoms with Crippen molar-refractivity contribution >= 4 is 34.6 Å². The van der Waals surface area contributed by atoms with E-state index in [2.05, 4.69) is 15.4 Å². The molecule has 0 aromatic heterocycles. The number of rotatable bonds is 5. The summed E-state index contributed by atoms with van der Waals surface area (Å²) in [6, 6.07) is 12.5. The van der Waals surface area contributed by atoms with Gasteiger partial charge in [0.25, 0.3) is 5.91 Å². The number of nitrogens with zero attached hydrogens (tertiary/aromatic N) is 1. The Morgan fingerprint density at radius 1 is 1.14 bits per heavy atom. The molecule has 29 heavy (non-hydrogen) atoms. The molecule has 1 aliphatic heterocycles. The fourth-order valence-electron chi connectivity index (χ4n) is 3.37. The summed E-state index contributed by atoms with van der Waals surface area (Å²) >= 11 is 0. The molecule has 2 N–H and O–H groups in total. The molecule has 2 aromatic carbocycles. The standard InChI is InChI=1S/C21H23N3O5/c1-20(2,18(27)29-4)22-16(25)12-24-17(26)21(3,23-19(24)28)15-10-9-13-7-5-6-8-14(13)11-15/h5-11H,12H2,1-4H3,(H,22,25)(H,23,28). The van der Waals surface area contributed by atoms with Gasteiger partial charge in [-0.25, -0.2) is 9.59 Å². The molecule has 1 atom stereocenters. The molecular weight excluding hydrogens is 374 g/mol. The first-order valence-corrected chi connectivity index (χ1v) is 9.11. The zero-order chi connectivity index (χ0) is 21.4. The van der Waals surface area contributed by atoms with Gasteiger partial charge in [-0.1, -0.05) is 36.4 Å². The molecule has 0 spiro atoms. The molecule has 0 saturated carbocycles. The van der Waals surface area contributed by atoms with Crippen molar-refractivity contribution in [3.63, 3.8) is 0 Å². The third kappa shape index (κ3) is 3.65. The Kier molecular flexibility index (Phi) is 5.04. The number of ether oxygens (including phenoxy) is 1. The zero-order valence-electron chi connectivity index (χ0n) is 16.7. The Bertz CT molecular complexity index is 1020. The predicted molar refractivity (Wildman–Crippen MR) is 106 cm³/mol. The first-order valence-electron chi connectivity index (χ1n) is 9.11. The van der Waals surface area contributed by atoms with E-state index in [1.54, 1.807) is 13.0 Å². The monoisotopic (exact) mass is 397 g/mol. The summed E-state index contributed by atoms with van der Waals surface area (Å²) < 4.78 is 4.64. The van der Waals surface area contributed by atoms with Crippen LogP contribution in [0.25, 0.3) is 10.8 Å². The van der Waals surface area contributed by atoms with E-state index >= 15 is 0 Å². The van der Waals surface area contributed by atoms with Crippen LogP contribution in [0.15, 0.2) is 42.5 Å². The van der Waals surface area contributed by atoms with Crippen LogP contribution in [0.3, 0.4) is 0 Å². The lowest BCUT2D eigenvalue weighted by Crippen LogP contribution is -2.53. The lowest BCUT2D eigenvalue weighted by Gasteiger charge is -2.25. The first-order chi connectivity index (χ1) is 13.6. The van der Waals surface area contributed by atoms with Gasteiger partial charge >= 0.3 is 12.0 Å². The highest BCUT2D eigenvalue weighted by Gasteiger charge is 2.49. The van der Waals surface area contributed by atoms with E-state index in [0.29, 0.717) is 5.56 Å². The van der Waals surface area contributed by atoms with Crippen LogP contribution >= 0.6 is 0 Å². The van der Waals surface area contributed by atoms with Crippen molar-refractivity contribution < 1.29 is 23.9 Å². The van der Waals surface area contributed by atoms with Crippen LogP contribution in [0, 0.1) is 0 Å². The molecule has 1 unspecified atom stereocenters. The number of esters is 1. The number of nitrogens with one attached hydrogen (secondary N) is 2. The number of fused-ring (bicyclic) bond motifs is 1. The summed E-state index contributed by atoms with van der Waals surface area (Å²) in [4.78, 5) is 50.4. The number of benzene rings is 2. The van der Waals surface area contributed by atoms with Gasteiger partial charge in [0.2, 0.25) is 5.91 Å². The molecule has 1 aliphatic rings. The predicted octanol–water partition coefficient (Wildman–Crippen LogP) is 1.67. The molecule has 152 valence electrons. The van der Waals surface area contributed by atoms with E-state index in [1.807, 2.05) is 36.4 Å². The minimum atomic E-state index is -1.29. The molecule has 2 aromatic rings. The summed E-state index contributed by atoms with van der Waals surface area (Å²) in [5.74, 6) is -1.82. The number of methoxy groups -OCH3 is 1. The van der Waals surface area contributed by atoms with E-state index in [1.165, 1.54) is 21.0 Å². The van der Waals surface area contributed by atoms with Gasteiger partial charge in [0.15, 0.2) is 0 Å². The average Bonchev–Trinajstić information content (AvgIpc) is 2.90. The molecule has 1 fully saturated rings. The second-order valence-electron chi connectivity index (χ2n) is 7.67. The van der Waals surface area contributed by atoms with Crippen molar-refractivity contribution in [2.45, 2.75) is 31.8 Å². The van der Waals surface area contributed by atoms with Crippen molar-refractivity contribution in [1.82, 2.24) is 15.5 Å². The third-order valence-corrected chi connectivity index (χ3v) is 5.05. The summed E-state index contributed by atoms with van der Waals surface area (Å²) in [6.45, 7) is 4.05. The van der Waals surface area contributed by atoms with Crippen molar-refractivity contribution in [3.05, 3.63) is 48.0 Å². The van der Waals surface area contributed by atoms with E-state index in [0.717, 1.165) is 15.7 Å². The Labute approximate surface area is 168 Å². The molecule has 4 amide bonds. The highest BCUT2D eigenvalue weighted by Crippen LogP contribution is 2.30. The second-order valence-corrected chi connectivity index (χ2v) is 7.67. The van der Waals surface area contributed by atoms with Crippen molar-refractivity contribution in [1.29, 1.82) is 0 Å². The van der Waals surface area contributed by atoms with Gasteiger partial charge in [0.05, 0.1) is 7.11 Å². The quantitative estimate of drug-likeness (QED) is 0.590. The second kappa shape index (κ2) is 7.20. The van der Waals surface area contributed by atoms with Crippen molar-refractivity contribution in [2.24, 2.45) is 0 Å². The number of carbonyl (C=O) groups is 4. The number of hydrogen-bond donors (Lipinski definition) is 2. The van der Waals surface area contributed by atoms with Crippen LogP contribution in [-0.4, -0.2) is 47.9 Å². The number of imide groups is 1. The molecule has 0 bridgehead atoms. The van der Waals surface area contributed by atoms with Gasteiger partial charge in [-0.05, 0) is 43.2 Å². The molecule has 1 heterocycles. The Balaban J connectivity index is 1.81. The number of urea groups is 1. The van der Waals surface area contributed by atoms with Crippen LogP contribution in [0.1, 0.15) is 26.3 Å². The smallest absolute Gasteiger partial charge is 0.330 e. The molecule has 8 heteroatoms. The molecule has 8 nitrogen and oxygen atoms in total. The third-order valence-electron chi connectivity index (χ3n) is 5.05. The van der Waals surface area contributed by atoms with Crippen LogP contribution in [0.4, 0.5) is 4.79 Å². The number of amides is 4. The number of hydrogen-bond acceptors (Lipinski definition) is 5. The lowest BCUT2D eigenvalue weighted by atomic mass is 9.90. The maximum Gasteiger partial charge on any atom is 0.330 e. The molecular formula is C21H23N3O5. The van der Waals surface area contributed by atoms with Gasteiger partial charge < -0.3 is 15.4 Å². The normalized spacial score (nSPS) is 19.2. The molecule has 3 rings (SSSR count). The topological polar surface area (TPSA) is 105 Å². The highest BCUT2D eigenvalue weighted by molar-refractivity contribution is 6.09. The summed E-state index contributed by atoms with van der Waals surface area (Å²) in [5.41, 5.74) is -1.96. The SMILES string of the molecule is COC(=O)C(C)(C)NC(=O)CN1C(=O)NC(C)(c2ccc3ccccc3c2)C1=O. The average molecular weight is 397 g/mol. The maximum absolute atomic E-state index is 13.0. The van der Waals surface area contributed by atoms with Crippen molar-refractivity contribution in [3.8, 4) is 0 Å².